The van der Waals surface area contributed by atoms with E-state index in [1.165, 1.54) is 25.0 Å². The minimum atomic E-state index is -0.272. The molecule has 1 N–H and O–H groups in total. The standard InChI is InChI=1S/C17H23ClFNO/c1-2-20-11-17(7-8-21-16(17)12-3-4-12)10-13-5-6-14(19)9-15(13)18/h5-6,9,12,16,20H,2-4,7-8,10-11H2,1H3. The molecule has 0 spiro atoms. The van der Waals surface area contributed by atoms with Crippen molar-refractivity contribution in [1.29, 1.82) is 0 Å². The van der Waals surface area contributed by atoms with Crippen LogP contribution in [0.1, 0.15) is 31.7 Å². The molecule has 1 heterocycles. The van der Waals surface area contributed by atoms with Crippen molar-refractivity contribution in [2.24, 2.45) is 11.3 Å². The molecule has 0 aromatic heterocycles. The number of hydrogen-bond donors (Lipinski definition) is 1. The molecular weight excluding hydrogens is 289 g/mol. The summed E-state index contributed by atoms with van der Waals surface area (Å²) in [6, 6.07) is 4.75. The summed E-state index contributed by atoms with van der Waals surface area (Å²) < 4.78 is 19.3. The van der Waals surface area contributed by atoms with Crippen LogP contribution in [0.2, 0.25) is 5.02 Å². The van der Waals surface area contributed by atoms with Crippen LogP contribution < -0.4 is 5.32 Å². The summed E-state index contributed by atoms with van der Waals surface area (Å²) in [5, 5.41) is 4.03. The lowest BCUT2D eigenvalue weighted by Crippen LogP contribution is -2.43. The molecule has 3 rings (SSSR count). The van der Waals surface area contributed by atoms with Crippen LogP contribution in [0.3, 0.4) is 0 Å². The van der Waals surface area contributed by atoms with Crippen molar-refractivity contribution in [3.8, 4) is 0 Å². The molecule has 2 fully saturated rings. The monoisotopic (exact) mass is 311 g/mol. The van der Waals surface area contributed by atoms with Gasteiger partial charge in [0.25, 0.3) is 0 Å². The van der Waals surface area contributed by atoms with Crippen LogP contribution in [0.5, 0.6) is 0 Å². The highest BCUT2D eigenvalue weighted by Gasteiger charge is 2.50. The molecule has 2 atom stereocenters. The summed E-state index contributed by atoms with van der Waals surface area (Å²) in [6.45, 7) is 4.85. The van der Waals surface area contributed by atoms with Crippen molar-refractivity contribution in [1.82, 2.24) is 5.32 Å². The van der Waals surface area contributed by atoms with E-state index < -0.39 is 0 Å². The van der Waals surface area contributed by atoms with Gasteiger partial charge in [0.2, 0.25) is 0 Å². The topological polar surface area (TPSA) is 21.3 Å². The number of nitrogens with one attached hydrogen (secondary N) is 1. The second-order valence-electron chi connectivity index (χ2n) is 6.43. The molecule has 4 heteroatoms. The van der Waals surface area contributed by atoms with Crippen LogP contribution >= 0.6 is 11.6 Å². The van der Waals surface area contributed by atoms with Crippen molar-refractivity contribution in [3.63, 3.8) is 0 Å². The molecule has 1 saturated carbocycles. The van der Waals surface area contributed by atoms with Gasteiger partial charge in [-0.1, -0.05) is 24.6 Å². The zero-order chi connectivity index (χ0) is 14.9. The van der Waals surface area contributed by atoms with Gasteiger partial charge in [-0.3, -0.25) is 0 Å². The molecule has 2 unspecified atom stereocenters. The molecule has 2 nitrogen and oxygen atoms in total. The Morgan fingerprint density at radius 3 is 2.90 bits per heavy atom. The minimum absolute atomic E-state index is 0.0959. The van der Waals surface area contributed by atoms with Gasteiger partial charge < -0.3 is 10.1 Å². The van der Waals surface area contributed by atoms with Crippen molar-refractivity contribution < 1.29 is 9.13 Å². The highest BCUT2D eigenvalue weighted by molar-refractivity contribution is 6.31. The molecule has 0 bridgehead atoms. The van der Waals surface area contributed by atoms with Gasteiger partial charge in [-0.2, -0.15) is 0 Å². The Morgan fingerprint density at radius 2 is 2.24 bits per heavy atom. The zero-order valence-corrected chi connectivity index (χ0v) is 13.3. The summed E-state index contributed by atoms with van der Waals surface area (Å²) >= 11 is 6.25. The van der Waals surface area contributed by atoms with Gasteiger partial charge in [-0.25, -0.2) is 4.39 Å². The predicted octanol–water partition coefficient (Wildman–Crippen LogP) is 3.82. The van der Waals surface area contributed by atoms with Gasteiger partial charge in [0.1, 0.15) is 5.82 Å². The second-order valence-corrected chi connectivity index (χ2v) is 6.84. The minimum Gasteiger partial charge on any atom is -0.377 e. The fraction of sp³-hybridized carbons (Fsp3) is 0.647. The van der Waals surface area contributed by atoms with Crippen molar-refractivity contribution >= 4 is 11.6 Å². The molecule has 1 aliphatic heterocycles. The molecule has 21 heavy (non-hydrogen) atoms. The Labute approximate surface area is 131 Å². The molecule has 1 aromatic carbocycles. The summed E-state index contributed by atoms with van der Waals surface area (Å²) in [5.74, 6) is 0.427. The van der Waals surface area contributed by atoms with E-state index in [9.17, 15) is 4.39 Å². The van der Waals surface area contributed by atoms with E-state index in [4.69, 9.17) is 16.3 Å². The van der Waals surface area contributed by atoms with Crippen LogP contribution in [-0.4, -0.2) is 25.8 Å². The number of ether oxygens (including phenoxy) is 1. The fourth-order valence-electron chi connectivity index (χ4n) is 3.60. The molecule has 1 saturated heterocycles. The van der Waals surface area contributed by atoms with Gasteiger partial charge in [0.05, 0.1) is 6.10 Å². The van der Waals surface area contributed by atoms with E-state index in [1.54, 1.807) is 0 Å². The highest BCUT2D eigenvalue weighted by Crippen LogP contribution is 2.49. The Balaban J connectivity index is 1.84. The SMILES string of the molecule is CCNCC1(Cc2ccc(F)cc2Cl)CCOC1C1CC1. The van der Waals surface area contributed by atoms with Crippen LogP contribution in [0.25, 0.3) is 0 Å². The van der Waals surface area contributed by atoms with Crippen LogP contribution in [0, 0.1) is 17.2 Å². The number of rotatable bonds is 6. The van der Waals surface area contributed by atoms with Gasteiger partial charge in [0.15, 0.2) is 0 Å². The second kappa shape index (κ2) is 6.23. The van der Waals surface area contributed by atoms with Gasteiger partial charge in [-0.15, -0.1) is 0 Å². The first-order valence-corrected chi connectivity index (χ1v) is 8.29. The summed E-state index contributed by atoms with van der Waals surface area (Å²) in [4.78, 5) is 0. The van der Waals surface area contributed by atoms with E-state index in [2.05, 4.69) is 12.2 Å². The van der Waals surface area contributed by atoms with E-state index in [0.29, 0.717) is 17.0 Å². The largest absolute Gasteiger partial charge is 0.377 e. The third-order valence-electron chi connectivity index (χ3n) is 4.84. The van der Waals surface area contributed by atoms with E-state index in [-0.39, 0.29) is 11.2 Å². The molecular formula is C17H23ClFNO. The first-order chi connectivity index (χ1) is 10.1. The van der Waals surface area contributed by atoms with Crippen molar-refractivity contribution in [2.45, 2.75) is 38.7 Å². The van der Waals surface area contributed by atoms with Crippen LogP contribution in [0.15, 0.2) is 18.2 Å². The Morgan fingerprint density at radius 1 is 1.43 bits per heavy atom. The normalized spacial score (nSPS) is 29.0. The van der Waals surface area contributed by atoms with Gasteiger partial charge in [0, 0.05) is 23.6 Å². The average Bonchev–Trinajstić information content (AvgIpc) is 3.22. The maximum Gasteiger partial charge on any atom is 0.124 e. The summed E-state index contributed by atoms with van der Waals surface area (Å²) in [7, 11) is 0. The number of halogens is 2. The molecule has 2 aliphatic rings. The van der Waals surface area contributed by atoms with E-state index in [1.807, 2.05) is 6.07 Å². The molecule has 1 aromatic rings. The first-order valence-electron chi connectivity index (χ1n) is 7.91. The Bertz CT molecular complexity index is 506. The van der Waals surface area contributed by atoms with Crippen LogP contribution in [0.4, 0.5) is 4.39 Å². The number of hydrogen-bond acceptors (Lipinski definition) is 2. The lowest BCUT2D eigenvalue weighted by atomic mass is 9.74. The zero-order valence-electron chi connectivity index (χ0n) is 12.5. The number of benzene rings is 1. The van der Waals surface area contributed by atoms with Gasteiger partial charge in [-0.05, 0) is 55.8 Å². The average molecular weight is 312 g/mol. The molecule has 116 valence electrons. The molecule has 0 radical (unpaired) electrons. The Hall–Kier alpha value is -0.640. The van der Waals surface area contributed by atoms with E-state index >= 15 is 0 Å². The first kappa shape index (κ1) is 15.3. The maximum atomic E-state index is 13.3. The van der Waals surface area contributed by atoms with Crippen molar-refractivity contribution in [3.05, 3.63) is 34.6 Å². The smallest absolute Gasteiger partial charge is 0.124 e. The van der Waals surface area contributed by atoms with Crippen molar-refractivity contribution in [2.75, 3.05) is 19.7 Å². The lowest BCUT2D eigenvalue weighted by Gasteiger charge is -2.35. The van der Waals surface area contributed by atoms with E-state index in [0.717, 1.165) is 38.1 Å². The summed E-state index contributed by atoms with van der Waals surface area (Å²) in [6.07, 6.45) is 4.78. The quantitative estimate of drug-likeness (QED) is 0.862. The molecule has 0 amide bonds. The predicted molar refractivity (Wildman–Crippen MR) is 83.2 cm³/mol. The summed E-state index contributed by atoms with van der Waals surface area (Å²) in [5.41, 5.74) is 1.13. The maximum absolute atomic E-state index is 13.3. The highest BCUT2D eigenvalue weighted by atomic mass is 35.5. The van der Waals surface area contributed by atoms with Crippen LogP contribution in [-0.2, 0) is 11.2 Å². The van der Waals surface area contributed by atoms with Gasteiger partial charge >= 0.3 is 0 Å². The third-order valence-corrected chi connectivity index (χ3v) is 5.19. The lowest BCUT2D eigenvalue weighted by molar-refractivity contribution is 0.0309. The fourth-order valence-corrected chi connectivity index (χ4v) is 3.84. The Kier molecular flexibility index (Phi) is 4.53. The third kappa shape index (κ3) is 3.25. The molecule has 1 aliphatic carbocycles.